The standard InChI is InChI=1S/C13H23NO/c1-2-3-4-6-11-9-13(15)10-12-7-5-8-14(11)12/h11-12H,2-10H2,1H3. The molecule has 2 rings (SSSR count). The summed E-state index contributed by atoms with van der Waals surface area (Å²) >= 11 is 0. The van der Waals surface area contributed by atoms with Gasteiger partial charge in [-0.05, 0) is 25.8 Å². The molecule has 2 saturated heterocycles. The van der Waals surface area contributed by atoms with Crippen LogP contribution in [-0.4, -0.2) is 29.3 Å². The Balaban J connectivity index is 1.87. The average molecular weight is 209 g/mol. The molecule has 2 heteroatoms. The number of ketones is 1. The molecule has 2 aliphatic heterocycles. The monoisotopic (exact) mass is 209 g/mol. The number of hydrogen-bond donors (Lipinski definition) is 0. The minimum Gasteiger partial charge on any atom is -0.300 e. The van der Waals surface area contributed by atoms with Gasteiger partial charge in [-0.15, -0.1) is 0 Å². The Bertz CT molecular complexity index is 227. The number of hydrogen-bond acceptors (Lipinski definition) is 2. The molecule has 2 heterocycles. The van der Waals surface area contributed by atoms with E-state index in [0.717, 1.165) is 12.8 Å². The third kappa shape index (κ3) is 2.60. The molecule has 2 unspecified atom stereocenters. The fourth-order valence-electron chi connectivity index (χ4n) is 3.18. The van der Waals surface area contributed by atoms with Gasteiger partial charge in [0.2, 0.25) is 0 Å². The number of rotatable bonds is 4. The van der Waals surface area contributed by atoms with Crippen molar-refractivity contribution in [2.24, 2.45) is 0 Å². The van der Waals surface area contributed by atoms with Crippen molar-refractivity contribution >= 4 is 5.78 Å². The van der Waals surface area contributed by atoms with Crippen molar-refractivity contribution in [1.29, 1.82) is 0 Å². The number of nitrogens with zero attached hydrogens (tertiary/aromatic N) is 1. The minimum absolute atomic E-state index is 0.514. The van der Waals surface area contributed by atoms with Crippen molar-refractivity contribution in [3.63, 3.8) is 0 Å². The second-order valence-electron chi connectivity index (χ2n) is 5.13. The maximum Gasteiger partial charge on any atom is 0.136 e. The quantitative estimate of drug-likeness (QED) is 0.664. The zero-order chi connectivity index (χ0) is 10.7. The number of carbonyl (C=O) groups is 1. The second-order valence-corrected chi connectivity index (χ2v) is 5.13. The highest BCUT2D eigenvalue weighted by molar-refractivity contribution is 5.80. The zero-order valence-electron chi connectivity index (χ0n) is 9.87. The summed E-state index contributed by atoms with van der Waals surface area (Å²) in [5.41, 5.74) is 0. The van der Waals surface area contributed by atoms with E-state index in [1.54, 1.807) is 0 Å². The van der Waals surface area contributed by atoms with Gasteiger partial charge in [0.1, 0.15) is 5.78 Å². The predicted molar refractivity (Wildman–Crippen MR) is 61.9 cm³/mol. The molecule has 2 aliphatic rings. The molecule has 0 amide bonds. The third-order valence-electron chi connectivity index (χ3n) is 3.96. The Labute approximate surface area is 93.0 Å². The van der Waals surface area contributed by atoms with Crippen LogP contribution in [0.15, 0.2) is 0 Å². The van der Waals surface area contributed by atoms with E-state index in [-0.39, 0.29) is 0 Å². The molecule has 0 N–H and O–H groups in total. The van der Waals surface area contributed by atoms with Crippen molar-refractivity contribution in [3.8, 4) is 0 Å². The van der Waals surface area contributed by atoms with Gasteiger partial charge in [-0.25, -0.2) is 0 Å². The Hall–Kier alpha value is -0.370. The van der Waals surface area contributed by atoms with E-state index in [1.165, 1.54) is 45.1 Å². The van der Waals surface area contributed by atoms with E-state index in [2.05, 4.69) is 11.8 Å². The molecule has 86 valence electrons. The van der Waals surface area contributed by atoms with E-state index in [9.17, 15) is 4.79 Å². The van der Waals surface area contributed by atoms with Crippen LogP contribution in [0.5, 0.6) is 0 Å². The lowest BCUT2D eigenvalue weighted by molar-refractivity contribution is -0.124. The van der Waals surface area contributed by atoms with Gasteiger partial charge >= 0.3 is 0 Å². The summed E-state index contributed by atoms with van der Waals surface area (Å²) in [5.74, 6) is 0.514. The van der Waals surface area contributed by atoms with Gasteiger partial charge in [0, 0.05) is 24.9 Å². The van der Waals surface area contributed by atoms with Crippen LogP contribution in [0.4, 0.5) is 0 Å². The summed E-state index contributed by atoms with van der Waals surface area (Å²) in [5, 5.41) is 0. The number of unbranched alkanes of at least 4 members (excludes halogenated alkanes) is 2. The number of Topliss-reactive ketones (excluding diaryl/α,β-unsaturated/α-hetero) is 1. The fraction of sp³-hybridized carbons (Fsp3) is 0.923. The Morgan fingerprint density at radius 3 is 3.00 bits per heavy atom. The predicted octanol–water partition coefficient (Wildman–Crippen LogP) is 2.76. The van der Waals surface area contributed by atoms with E-state index in [4.69, 9.17) is 0 Å². The van der Waals surface area contributed by atoms with Gasteiger partial charge < -0.3 is 0 Å². The maximum atomic E-state index is 11.6. The highest BCUT2D eigenvalue weighted by atomic mass is 16.1. The fourth-order valence-corrected chi connectivity index (χ4v) is 3.18. The Kier molecular flexibility index (Phi) is 3.79. The van der Waals surface area contributed by atoms with Crippen molar-refractivity contribution < 1.29 is 4.79 Å². The van der Waals surface area contributed by atoms with Crippen LogP contribution >= 0.6 is 0 Å². The maximum absolute atomic E-state index is 11.6. The van der Waals surface area contributed by atoms with Crippen molar-refractivity contribution in [1.82, 2.24) is 4.90 Å². The Morgan fingerprint density at radius 1 is 1.33 bits per heavy atom. The van der Waals surface area contributed by atoms with Crippen LogP contribution in [0.3, 0.4) is 0 Å². The van der Waals surface area contributed by atoms with Gasteiger partial charge in [0.05, 0.1) is 0 Å². The average Bonchev–Trinajstić information content (AvgIpc) is 2.65. The molecule has 0 radical (unpaired) electrons. The molecule has 0 saturated carbocycles. The van der Waals surface area contributed by atoms with Crippen LogP contribution < -0.4 is 0 Å². The molecule has 0 aromatic heterocycles. The Morgan fingerprint density at radius 2 is 2.20 bits per heavy atom. The molecular formula is C13H23NO. The van der Waals surface area contributed by atoms with E-state index in [0.29, 0.717) is 17.9 Å². The highest BCUT2D eigenvalue weighted by Gasteiger charge is 2.36. The number of piperidine rings is 1. The summed E-state index contributed by atoms with van der Waals surface area (Å²) in [6.45, 7) is 3.49. The summed E-state index contributed by atoms with van der Waals surface area (Å²) < 4.78 is 0. The molecule has 2 nitrogen and oxygen atoms in total. The molecule has 2 atom stereocenters. The number of fused-ring (bicyclic) bond motifs is 1. The SMILES string of the molecule is CCCCCC1CC(=O)CC2CCCN12. The van der Waals surface area contributed by atoms with Gasteiger partial charge in [0.15, 0.2) is 0 Å². The van der Waals surface area contributed by atoms with Crippen LogP contribution in [0.25, 0.3) is 0 Å². The van der Waals surface area contributed by atoms with Crippen LogP contribution in [0, 0.1) is 0 Å². The molecule has 0 bridgehead atoms. The van der Waals surface area contributed by atoms with Crippen molar-refractivity contribution in [3.05, 3.63) is 0 Å². The van der Waals surface area contributed by atoms with Crippen molar-refractivity contribution in [2.45, 2.75) is 70.4 Å². The van der Waals surface area contributed by atoms with Crippen LogP contribution in [0.1, 0.15) is 58.3 Å². The van der Waals surface area contributed by atoms with E-state index < -0.39 is 0 Å². The first kappa shape index (κ1) is 11.1. The van der Waals surface area contributed by atoms with Gasteiger partial charge in [0.25, 0.3) is 0 Å². The second kappa shape index (κ2) is 5.11. The largest absolute Gasteiger partial charge is 0.300 e. The summed E-state index contributed by atoms with van der Waals surface area (Å²) in [6, 6.07) is 1.20. The van der Waals surface area contributed by atoms with Crippen molar-refractivity contribution in [2.75, 3.05) is 6.54 Å². The smallest absolute Gasteiger partial charge is 0.136 e. The lowest BCUT2D eigenvalue weighted by Crippen LogP contribution is -2.45. The third-order valence-corrected chi connectivity index (χ3v) is 3.96. The highest BCUT2D eigenvalue weighted by Crippen LogP contribution is 2.31. The van der Waals surface area contributed by atoms with Gasteiger partial charge in [-0.2, -0.15) is 0 Å². The first-order valence-electron chi connectivity index (χ1n) is 6.58. The normalized spacial score (nSPS) is 31.9. The van der Waals surface area contributed by atoms with Gasteiger partial charge in [-0.3, -0.25) is 9.69 Å². The molecule has 0 aromatic rings. The molecular weight excluding hydrogens is 186 g/mol. The summed E-state index contributed by atoms with van der Waals surface area (Å²) in [7, 11) is 0. The molecule has 0 aromatic carbocycles. The van der Waals surface area contributed by atoms with E-state index in [1.807, 2.05) is 0 Å². The number of carbonyl (C=O) groups excluding carboxylic acids is 1. The summed E-state index contributed by atoms with van der Waals surface area (Å²) in [4.78, 5) is 14.2. The summed E-state index contributed by atoms with van der Waals surface area (Å²) in [6.07, 6.45) is 9.39. The van der Waals surface area contributed by atoms with E-state index >= 15 is 0 Å². The topological polar surface area (TPSA) is 20.3 Å². The molecule has 2 fully saturated rings. The molecule has 0 aliphatic carbocycles. The molecule has 0 spiro atoms. The minimum atomic E-state index is 0.514. The molecule has 15 heavy (non-hydrogen) atoms. The van der Waals surface area contributed by atoms with Gasteiger partial charge in [-0.1, -0.05) is 26.2 Å². The lowest BCUT2D eigenvalue weighted by atomic mass is 9.92. The first-order valence-corrected chi connectivity index (χ1v) is 6.58. The zero-order valence-corrected chi connectivity index (χ0v) is 9.87. The van der Waals surface area contributed by atoms with Crippen LogP contribution in [-0.2, 0) is 4.79 Å². The lowest BCUT2D eigenvalue weighted by Gasteiger charge is -2.37. The van der Waals surface area contributed by atoms with Crippen LogP contribution in [0.2, 0.25) is 0 Å². The first-order chi connectivity index (χ1) is 7.31.